The van der Waals surface area contributed by atoms with Crippen LogP contribution in [0.3, 0.4) is 0 Å². The number of ether oxygens (including phenoxy) is 2. The van der Waals surface area contributed by atoms with Crippen molar-refractivity contribution in [3.05, 3.63) is 82.0 Å². The Bertz CT molecular complexity index is 1640. The van der Waals surface area contributed by atoms with Gasteiger partial charge in [-0.15, -0.1) is 0 Å². The molecule has 1 atom stereocenters. The number of nitrogens with one attached hydrogen (secondary N) is 1. The maximum atomic E-state index is 13.7. The molecule has 0 aliphatic carbocycles. The molecule has 0 aliphatic rings. The van der Waals surface area contributed by atoms with Gasteiger partial charge in [0.05, 0.1) is 29.9 Å². The van der Waals surface area contributed by atoms with E-state index < -0.39 is 23.1 Å². The largest absolute Gasteiger partial charge is 0.495 e. The second kappa shape index (κ2) is 12.6. The molecule has 2 aromatic carbocycles. The zero-order chi connectivity index (χ0) is 29.7. The third-order valence-corrected chi connectivity index (χ3v) is 6.69. The predicted octanol–water partition coefficient (Wildman–Crippen LogP) is 6.10. The monoisotopic (exact) mass is 576 g/mol. The van der Waals surface area contributed by atoms with Crippen LogP contribution in [0.5, 0.6) is 5.75 Å². The first-order valence-corrected chi connectivity index (χ1v) is 13.7. The Morgan fingerprint density at radius 3 is 2.44 bits per heavy atom. The predicted molar refractivity (Wildman–Crippen MR) is 160 cm³/mol. The number of pyridine rings is 1. The first kappa shape index (κ1) is 29.9. The van der Waals surface area contributed by atoms with Gasteiger partial charge in [-0.2, -0.15) is 0 Å². The zero-order valence-electron chi connectivity index (χ0n) is 23.7. The standard InChI is InChI=1S/C31H33ClN4O5/c1-6-27(37)21-9-7-19(32)15-22(21)23-17-29(38)36(18-28(23)40-5)26(11-14-41-31(2,3)4)30(39)35-20-8-10-24-25(16-20)34-13-12-33-24/h7-10,12-13,15-18,26H,6,11,14H2,1-5H3,(H,35,39)/t26-/m0/s1. The van der Waals surface area contributed by atoms with Gasteiger partial charge >= 0.3 is 0 Å². The molecule has 0 aliphatic heterocycles. The van der Waals surface area contributed by atoms with Crippen LogP contribution in [0.15, 0.2) is 65.8 Å². The molecule has 9 nitrogen and oxygen atoms in total. The van der Waals surface area contributed by atoms with E-state index >= 15 is 0 Å². The van der Waals surface area contributed by atoms with Crippen molar-refractivity contribution in [2.75, 3.05) is 19.0 Å². The Morgan fingerprint density at radius 1 is 1.02 bits per heavy atom. The number of carbonyl (C=O) groups is 2. The smallest absolute Gasteiger partial charge is 0.252 e. The van der Waals surface area contributed by atoms with Crippen LogP contribution in [0.1, 0.15) is 56.9 Å². The van der Waals surface area contributed by atoms with E-state index in [-0.39, 0.29) is 25.2 Å². The summed E-state index contributed by atoms with van der Waals surface area (Å²) in [6.07, 6.45) is 5.17. The van der Waals surface area contributed by atoms with Gasteiger partial charge in [-0.05, 0) is 62.7 Å². The molecule has 2 heterocycles. The van der Waals surface area contributed by atoms with E-state index in [1.165, 1.54) is 23.9 Å². The van der Waals surface area contributed by atoms with E-state index in [1.807, 2.05) is 20.8 Å². The molecule has 1 N–H and O–H groups in total. The number of fused-ring (bicyclic) bond motifs is 1. The van der Waals surface area contributed by atoms with Crippen LogP contribution in [-0.4, -0.2) is 45.5 Å². The summed E-state index contributed by atoms with van der Waals surface area (Å²) in [4.78, 5) is 48.5. The number of halogens is 1. The van der Waals surface area contributed by atoms with Crippen LogP contribution in [0.2, 0.25) is 5.02 Å². The van der Waals surface area contributed by atoms with Gasteiger partial charge in [-0.3, -0.25) is 28.9 Å². The molecule has 0 fully saturated rings. The molecular weight excluding hydrogens is 544 g/mol. The summed E-state index contributed by atoms with van der Waals surface area (Å²) in [6, 6.07) is 10.6. The van der Waals surface area contributed by atoms with Gasteiger partial charge in [0, 0.05) is 59.7 Å². The first-order valence-electron chi connectivity index (χ1n) is 13.3. The molecule has 0 saturated carbocycles. The van der Waals surface area contributed by atoms with E-state index in [4.69, 9.17) is 21.1 Å². The topological polar surface area (TPSA) is 112 Å². The van der Waals surface area contributed by atoms with Crippen LogP contribution in [0, 0.1) is 0 Å². The summed E-state index contributed by atoms with van der Waals surface area (Å²) in [6.45, 7) is 7.75. The number of benzene rings is 2. The van der Waals surface area contributed by atoms with Crippen molar-refractivity contribution >= 4 is 40.0 Å². The molecule has 10 heteroatoms. The van der Waals surface area contributed by atoms with Crippen molar-refractivity contribution in [1.29, 1.82) is 0 Å². The van der Waals surface area contributed by atoms with Gasteiger partial charge in [0.2, 0.25) is 5.91 Å². The average Bonchev–Trinajstić information content (AvgIpc) is 2.94. The van der Waals surface area contributed by atoms with Crippen LogP contribution < -0.4 is 15.6 Å². The molecular formula is C31H33ClN4O5. The molecule has 41 heavy (non-hydrogen) atoms. The highest BCUT2D eigenvalue weighted by Crippen LogP contribution is 2.34. The summed E-state index contributed by atoms with van der Waals surface area (Å²) in [5.74, 6) is -0.195. The number of hydrogen-bond donors (Lipinski definition) is 1. The van der Waals surface area contributed by atoms with Crippen molar-refractivity contribution in [2.45, 2.75) is 52.2 Å². The number of rotatable bonds is 10. The second-order valence-electron chi connectivity index (χ2n) is 10.5. The SMILES string of the molecule is CCC(=O)c1ccc(Cl)cc1-c1cc(=O)n([C@@H](CCOC(C)(C)C)C(=O)Nc2ccc3nccnc3c2)cc1OC. The highest BCUT2D eigenvalue weighted by Gasteiger charge is 2.26. The Morgan fingerprint density at radius 2 is 1.76 bits per heavy atom. The lowest BCUT2D eigenvalue weighted by Gasteiger charge is -2.24. The van der Waals surface area contributed by atoms with Gasteiger partial charge in [0.25, 0.3) is 5.56 Å². The van der Waals surface area contributed by atoms with Crippen molar-refractivity contribution in [3.8, 4) is 16.9 Å². The number of nitrogens with zero attached hydrogens (tertiary/aromatic N) is 3. The van der Waals surface area contributed by atoms with Crippen LogP contribution in [0.4, 0.5) is 5.69 Å². The molecule has 0 unspecified atom stereocenters. The molecule has 1 amide bonds. The minimum absolute atomic E-state index is 0.0976. The van der Waals surface area contributed by atoms with Crippen molar-refractivity contribution in [3.63, 3.8) is 0 Å². The summed E-state index contributed by atoms with van der Waals surface area (Å²) in [5, 5.41) is 3.32. The quantitative estimate of drug-likeness (QED) is 0.227. The maximum Gasteiger partial charge on any atom is 0.252 e. The summed E-state index contributed by atoms with van der Waals surface area (Å²) >= 11 is 6.27. The molecule has 0 spiro atoms. The number of Topliss-reactive ketones (excluding diaryl/α,β-unsaturated/α-hetero) is 1. The Hall–Kier alpha value is -4.08. The lowest BCUT2D eigenvalue weighted by molar-refractivity contribution is -0.120. The fourth-order valence-electron chi connectivity index (χ4n) is 4.46. The zero-order valence-corrected chi connectivity index (χ0v) is 24.5. The van der Waals surface area contributed by atoms with E-state index in [1.54, 1.807) is 55.7 Å². The highest BCUT2D eigenvalue weighted by atomic mass is 35.5. The number of ketones is 1. The Labute approximate surface area is 243 Å². The number of hydrogen-bond acceptors (Lipinski definition) is 7. The third-order valence-electron chi connectivity index (χ3n) is 6.46. The van der Waals surface area contributed by atoms with E-state index in [0.29, 0.717) is 44.2 Å². The maximum absolute atomic E-state index is 13.7. The van der Waals surface area contributed by atoms with Gasteiger partial charge in [0.15, 0.2) is 5.78 Å². The lowest BCUT2D eigenvalue weighted by Crippen LogP contribution is -2.34. The molecule has 0 saturated heterocycles. The van der Waals surface area contributed by atoms with Crippen molar-refractivity contribution in [2.24, 2.45) is 0 Å². The van der Waals surface area contributed by atoms with Gasteiger partial charge < -0.3 is 14.8 Å². The van der Waals surface area contributed by atoms with Gasteiger partial charge in [-0.1, -0.05) is 18.5 Å². The van der Waals surface area contributed by atoms with Gasteiger partial charge in [0.1, 0.15) is 11.8 Å². The van der Waals surface area contributed by atoms with E-state index in [0.717, 1.165) is 0 Å². The number of anilines is 1. The van der Waals surface area contributed by atoms with Gasteiger partial charge in [-0.25, -0.2) is 0 Å². The van der Waals surface area contributed by atoms with Crippen LogP contribution in [-0.2, 0) is 9.53 Å². The molecule has 0 bridgehead atoms. The van der Waals surface area contributed by atoms with E-state index in [9.17, 15) is 14.4 Å². The number of methoxy groups -OCH3 is 1. The fourth-order valence-corrected chi connectivity index (χ4v) is 4.63. The number of amides is 1. The summed E-state index contributed by atoms with van der Waals surface area (Å²) in [7, 11) is 1.47. The third kappa shape index (κ3) is 7.17. The summed E-state index contributed by atoms with van der Waals surface area (Å²) in [5.41, 5.74) is 2.28. The number of carbonyl (C=O) groups excluding carboxylic acids is 2. The lowest BCUT2D eigenvalue weighted by atomic mass is 9.96. The average molecular weight is 577 g/mol. The molecule has 4 rings (SSSR count). The highest BCUT2D eigenvalue weighted by molar-refractivity contribution is 6.31. The first-order chi connectivity index (χ1) is 19.5. The number of aromatic nitrogens is 3. The second-order valence-corrected chi connectivity index (χ2v) is 10.9. The normalized spacial score (nSPS) is 12.2. The molecule has 4 aromatic rings. The Balaban J connectivity index is 1.75. The van der Waals surface area contributed by atoms with Crippen LogP contribution >= 0.6 is 11.6 Å². The minimum Gasteiger partial charge on any atom is -0.495 e. The molecule has 0 radical (unpaired) electrons. The summed E-state index contributed by atoms with van der Waals surface area (Å²) < 4.78 is 12.9. The molecule has 214 valence electrons. The minimum atomic E-state index is -0.929. The van der Waals surface area contributed by atoms with Crippen LogP contribution in [0.25, 0.3) is 22.2 Å². The fraction of sp³-hybridized carbons (Fsp3) is 0.323. The van der Waals surface area contributed by atoms with Crippen molar-refractivity contribution in [1.82, 2.24) is 14.5 Å². The van der Waals surface area contributed by atoms with E-state index in [2.05, 4.69) is 15.3 Å². The molecule has 2 aromatic heterocycles. The Kier molecular flexibility index (Phi) is 9.20. The van der Waals surface area contributed by atoms with Crippen molar-refractivity contribution < 1.29 is 19.1 Å².